The number of benzene rings is 1. The molecule has 1 rings (SSSR count). The van der Waals surface area contributed by atoms with Crippen molar-refractivity contribution in [3.8, 4) is 0 Å². The summed E-state index contributed by atoms with van der Waals surface area (Å²) in [6.45, 7) is -1.85. The maximum absolute atomic E-state index is 12.9. The lowest BCUT2D eigenvalue weighted by molar-refractivity contribution is -0.175. The second-order valence-electron chi connectivity index (χ2n) is 3.52. The van der Waals surface area contributed by atoms with Crippen LogP contribution in [0, 0.1) is 11.6 Å². The molecular formula is C10H11F5N2O. The van der Waals surface area contributed by atoms with E-state index in [4.69, 9.17) is 5.84 Å². The Labute approximate surface area is 99.7 Å². The van der Waals surface area contributed by atoms with Crippen LogP contribution in [0.15, 0.2) is 18.2 Å². The second-order valence-corrected chi connectivity index (χ2v) is 3.52. The van der Waals surface area contributed by atoms with Gasteiger partial charge < -0.3 is 4.74 Å². The SMILES string of the molecule is NNC(COCC(F)(F)F)c1ccc(F)c(F)c1. The molecule has 1 aromatic rings. The average Bonchev–Trinajstić information content (AvgIpc) is 2.27. The summed E-state index contributed by atoms with van der Waals surface area (Å²) < 4.78 is 65.5. The molecule has 8 heteroatoms. The van der Waals surface area contributed by atoms with Crippen molar-refractivity contribution >= 4 is 0 Å². The van der Waals surface area contributed by atoms with Gasteiger partial charge in [0.2, 0.25) is 0 Å². The van der Waals surface area contributed by atoms with E-state index in [0.717, 1.165) is 12.1 Å². The fourth-order valence-corrected chi connectivity index (χ4v) is 1.26. The first-order valence-corrected chi connectivity index (χ1v) is 4.89. The Morgan fingerprint density at radius 3 is 2.39 bits per heavy atom. The number of hydrogen-bond acceptors (Lipinski definition) is 3. The summed E-state index contributed by atoms with van der Waals surface area (Å²) in [5.41, 5.74) is 2.36. The van der Waals surface area contributed by atoms with Gasteiger partial charge in [-0.1, -0.05) is 6.07 Å². The normalized spacial score (nSPS) is 13.7. The van der Waals surface area contributed by atoms with Gasteiger partial charge >= 0.3 is 6.18 Å². The van der Waals surface area contributed by atoms with E-state index < -0.39 is 37.1 Å². The van der Waals surface area contributed by atoms with Crippen LogP contribution in [0.3, 0.4) is 0 Å². The number of halogens is 5. The van der Waals surface area contributed by atoms with Crippen LogP contribution in [-0.2, 0) is 4.74 Å². The number of nitrogens with two attached hydrogens (primary N) is 1. The smallest absolute Gasteiger partial charge is 0.370 e. The van der Waals surface area contributed by atoms with Crippen molar-refractivity contribution in [2.45, 2.75) is 12.2 Å². The van der Waals surface area contributed by atoms with Crippen LogP contribution in [0.1, 0.15) is 11.6 Å². The van der Waals surface area contributed by atoms with Gasteiger partial charge in [0.25, 0.3) is 0 Å². The first-order valence-electron chi connectivity index (χ1n) is 4.89. The molecule has 1 unspecified atom stereocenters. The molecule has 0 bridgehead atoms. The van der Waals surface area contributed by atoms with Crippen molar-refractivity contribution in [2.24, 2.45) is 5.84 Å². The Balaban J connectivity index is 2.63. The zero-order valence-electron chi connectivity index (χ0n) is 9.10. The van der Waals surface area contributed by atoms with E-state index in [1.165, 1.54) is 6.07 Å². The van der Waals surface area contributed by atoms with Gasteiger partial charge in [-0.05, 0) is 17.7 Å². The minimum atomic E-state index is -4.45. The molecule has 3 N–H and O–H groups in total. The molecule has 1 atom stereocenters. The molecule has 0 aliphatic carbocycles. The molecular weight excluding hydrogens is 259 g/mol. The van der Waals surface area contributed by atoms with Crippen LogP contribution in [-0.4, -0.2) is 19.4 Å². The zero-order valence-corrected chi connectivity index (χ0v) is 9.10. The first-order chi connectivity index (χ1) is 8.33. The van der Waals surface area contributed by atoms with E-state index >= 15 is 0 Å². The van der Waals surface area contributed by atoms with Crippen LogP contribution >= 0.6 is 0 Å². The van der Waals surface area contributed by atoms with Gasteiger partial charge in [0, 0.05) is 0 Å². The van der Waals surface area contributed by atoms with E-state index in [1.807, 2.05) is 0 Å². The van der Waals surface area contributed by atoms with Crippen LogP contribution < -0.4 is 11.3 Å². The van der Waals surface area contributed by atoms with Gasteiger partial charge in [0.05, 0.1) is 12.6 Å². The fraction of sp³-hybridized carbons (Fsp3) is 0.400. The van der Waals surface area contributed by atoms with Gasteiger partial charge in [-0.2, -0.15) is 13.2 Å². The summed E-state index contributed by atoms with van der Waals surface area (Å²) in [5, 5.41) is 0. The maximum Gasteiger partial charge on any atom is 0.411 e. The Hall–Kier alpha value is -1.25. The van der Waals surface area contributed by atoms with Crippen molar-refractivity contribution < 1.29 is 26.7 Å². The number of nitrogens with one attached hydrogen (secondary N) is 1. The number of rotatable bonds is 5. The molecule has 0 spiro atoms. The molecule has 1 aromatic carbocycles. The number of alkyl halides is 3. The minimum absolute atomic E-state index is 0.193. The lowest BCUT2D eigenvalue weighted by atomic mass is 10.1. The molecule has 0 heterocycles. The van der Waals surface area contributed by atoms with E-state index in [9.17, 15) is 22.0 Å². The molecule has 0 amide bonds. The third kappa shape index (κ3) is 4.55. The summed E-state index contributed by atoms with van der Waals surface area (Å²) in [5.74, 6) is 2.96. The number of ether oxygens (including phenoxy) is 1. The largest absolute Gasteiger partial charge is 0.411 e. The average molecular weight is 270 g/mol. The molecule has 0 aliphatic heterocycles. The van der Waals surface area contributed by atoms with Gasteiger partial charge in [-0.3, -0.25) is 11.3 Å². The lowest BCUT2D eigenvalue weighted by Crippen LogP contribution is -2.32. The third-order valence-corrected chi connectivity index (χ3v) is 2.10. The molecule has 18 heavy (non-hydrogen) atoms. The van der Waals surface area contributed by atoms with Gasteiger partial charge in [-0.15, -0.1) is 0 Å². The fourth-order valence-electron chi connectivity index (χ4n) is 1.26. The van der Waals surface area contributed by atoms with Crippen LogP contribution in [0.25, 0.3) is 0 Å². The molecule has 0 fully saturated rings. The predicted octanol–water partition coefficient (Wildman–Crippen LogP) is 2.05. The van der Waals surface area contributed by atoms with E-state index in [1.54, 1.807) is 0 Å². The summed E-state index contributed by atoms with van der Waals surface area (Å²) in [6, 6.07) is 2.05. The quantitative estimate of drug-likeness (QED) is 0.489. The Bertz CT molecular complexity index is 396. The second kappa shape index (κ2) is 6.07. The van der Waals surface area contributed by atoms with E-state index in [0.29, 0.717) is 0 Å². The zero-order chi connectivity index (χ0) is 13.8. The molecule has 0 radical (unpaired) electrons. The monoisotopic (exact) mass is 270 g/mol. The van der Waals surface area contributed by atoms with Crippen molar-refractivity contribution in [1.82, 2.24) is 5.43 Å². The standard InChI is InChI=1S/C10H11F5N2O/c11-7-2-1-6(3-8(7)12)9(17-16)4-18-5-10(13,14)15/h1-3,9,17H,4-5,16H2. The number of hydrazine groups is 1. The van der Waals surface area contributed by atoms with Crippen molar-refractivity contribution in [3.63, 3.8) is 0 Å². The highest BCUT2D eigenvalue weighted by atomic mass is 19.4. The Morgan fingerprint density at radius 1 is 1.22 bits per heavy atom. The maximum atomic E-state index is 12.9. The Morgan fingerprint density at radius 2 is 1.89 bits per heavy atom. The molecule has 102 valence electrons. The summed E-state index contributed by atoms with van der Waals surface area (Å²) in [4.78, 5) is 0. The topological polar surface area (TPSA) is 47.3 Å². The van der Waals surface area contributed by atoms with Crippen LogP contribution in [0.4, 0.5) is 22.0 Å². The molecule has 0 saturated carbocycles. The predicted molar refractivity (Wildman–Crippen MR) is 53.3 cm³/mol. The summed E-state index contributed by atoms with van der Waals surface area (Å²) >= 11 is 0. The molecule has 3 nitrogen and oxygen atoms in total. The van der Waals surface area contributed by atoms with E-state index in [2.05, 4.69) is 10.2 Å². The van der Waals surface area contributed by atoms with Gasteiger partial charge in [0.1, 0.15) is 6.61 Å². The highest BCUT2D eigenvalue weighted by Gasteiger charge is 2.28. The van der Waals surface area contributed by atoms with Crippen molar-refractivity contribution in [3.05, 3.63) is 35.4 Å². The van der Waals surface area contributed by atoms with Gasteiger partial charge in [-0.25, -0.2) is 8.78 Å². The van der Waals surface area contributed by atoms with Crippen LogP contribution in [0.2, 0.25) is 0 Å². The highest BCUT2D eigenvalue weighted by molar-refractivity contribution is 5.21. The minimum Gasteiger partial charge on any atom is -0.370 e. The number of hydrogen-bond donors (Lipinski definition) is 2. The summed E-state index contributed by atoms with van der Waals surface area (Å²) in [7, 11) is 0. The highest BCUT2D eigenvalue weighted by Crippen LogP contribution is 2.19. The Kier molecular flexibility index (Phi) is 5.00. The van der Waals surface area contributed by atoms with Gasteiger partial charge in [0.15, 0.2) is 11.6 Å². The first kappa shape index (κ1) is 14.8. The third-order valence-electron chi connectivity index (χ3n) is 2.10. The lowest BCUT2D eigenvalue weighted by Gasteiger charge is -2.17. The molecule has 0 aromatic heterocycles. The van der Waals surface area contributed by atoms with Crippen molar-refractivity contribution in [2.75, 3.05) is 13.2 Å². The molecule has 0 saturated heterocycles. The van der Waals surface area contributed by atoms with Crippen LogP contribution in [0.5, 0.6) is 0 Å². The van der Waals surface area contributed by atoms with E-state index in [-0.39, 0.29) is 5.56 Å². The summed E-state index contributed by atoms with van der Waals surface area (Å²) in [6.07, 6.45) is -4.45. The van der Waals surface area contributed by atoms with Crippen molar-refractivity contribution in [1.29, 1.82) is 0 Å². The molecule has 0 aliphatic rings.